The smallest absolute Gasteiger partial charge is 0.217 e. The first-order valence-corrected chi connectivity index (χ1v) is 15.2. The summed E-state index contributed by atoms with van der Waals surface area (Å²) in [5.41, 5.74) is 6.40. The quantitative estimate of drug-likeness (QED) is 0.226. The number of rotatable bonds is 11. The van der Waals surface area contributed by atoms with Crippen molar-refractivity contribution in [3.8, 4) is 33.6 Å². The van der Waals surface area contributed by atoms with Gasteiger partial charge in [0.2, 0.25) is 12.6 Å². The Balaban J connectivity index is 1.13. The molecule has 0 bridgehead atoms. The number of nitrogens with zero attached hydrogens (tertiary/aromatic N) is 4. The summed E-state index contributed by atoms with van der Waals surface area (Å²) < 4.78 is 0. The standard InChI is InChI=1S/C34H38N6O2/c1-3-27(21-41)39-17-5-7-31(39)33-35-19-29(37-33)25-13-9-23(10-14-25)24-11-15-26(16-12-24)30-20-36-34(38-30)32-8-6-18-40(32)28(4-2)22-42/h9-16,19-20,27-28,31-32H,3-8,17-18H2,1-2H3,(H,35,37)(H,36,38)/t27-,28-,31?,32?/m0/s1. The molecule has 2 N–H and O–H groups in total. The highest BCUT2D eigenvalue weighted by molar-refractivity contribution is 5.71. The Labute approximate surface area is 247 Å². The molecule has 6 rings (SSSR count). The molecule has 2 aromatic heterocycles. The van der Waals surface area contributed by atoms with Crippen LogP contribution in [0.4, 0.5) is 0 Å². The maximum absolute atomic E-state index is 11.5. The SMILES string of the molecule is CC[C@@H]([C]=O)N1CCCC1c1ncc(-c2ccc(-c3ccc(-c4cnc(C5CCCN5[C@H]([C]=O)CC)[nH]4)cc3)cc2)[nH]1. The molecule has 2 aliphatic heterocycles. The third kappa shape index (κ3) is 5.49. The predicted molar refractivity (Wildman–Crippen MR) is 164 cm³/mol. The van der Waals surface area contributed by atoms with E-state index < -0.39 is 0 Å². The number of imidazole rings is 2. The molecule has 2 fully saturated rings. The second-order valence-electron chi connectivity index (χ2n) is 11.4. The van der Waals surface area contributed by atoms with Crippen LogP contribution in [0.25, 0.3) is 33.6 Å². The number of nitrogens with one attached hydrogen (secondary N) is 2. The van der Waals surface area contributed by atoms with Gasteiger partial charge in [0.25, 0.3) is 0 Å². The normalized spacial score (nSPS) is 21.0. The summed E-state index contributed by atoms with van der Waals surface area (Å²) in [6.07, 6.45) is 13.8. The maximum atomic E-state index is 11.5. The van der Waals surface area contributed by atoms with E-state index in [1.807, 2.05) is 26.2 Å². The van der Waals surface area contributed by atoms with Gasteiger partial charge in [-0.2, -0.15) is 0 Å². The van der Waals surface area contributed by atoms with Gasteiger partial charge in [0.05, 0.1) is 47.9 Å². The van der Waals surface area contributed by atoms with E-state index in [2.05, 4.69) is 90.8 Å². The Kier molecular flexibility index (Phi) is 8.44. The first kappa shape index (κ1) is 28.2. The van der Waals surface area contributed by atoms with E-state index in [-0.39, 0.29) is 24.2 Å². The lowest BCUT2D eigenvalue weighted by Crippen LogP contribution is -2.35. The van der Waals surface area contributed by atoms with Crippen molar-refractivity contribution in [3.63, 3.8) is 0 Å². The number of aromatic amines is 2. The maximum Gasteiger partial charge on any atom is 0.217 e. The van der Waals surface area contributed by atoms with Crippen LogP contribution in [-0.4, -0.2) is 67.5 Å². The van der Waals surface area contributed by atoms with Crippen LogP contribution < -0.4 is 0 Å². The van der Waals surface area contributed by atoms with Gasteiger partial charge in [-0.25, -0.2) is 9.97 Å². The second-order valence-corrected chi connectivity index (χ2v) is 11.4. The molecule has 4 heterocycles. The van der Waals surface area contributed by atoms with Gasteiger partial charge in [-0.15, -0.1) is 0 Å². The molecule has 2 saturated heterocycles. The van der Waals surface area contributed by atoms with E-state index >= 15 is 0 Å². The topological polar surface area (TPSA) is 98.0 Å². The molecule has 42 heavy (non-hydrogen) atoms. The molecule has 0 saturated carbocycles. The van der Waals surface area contributed by atoms with Crippen LogP contribution in [0.2, 0.25) is 0 Å². The van der Waals surface area contributed by atoms with Crippen LogP contribution in [0, 0.1) is 0 Å². The Bertz CT molecular complexity index is 1380. The number of likely N-dealkylation sites (tertiary alicyclic amines) is 2. The van der Waals surface area contributed by atoms with Crippen LogP contribution in [0.15, 0.2) is 60.9 Å². The van der Waals surface area contributed by atoms with Crippen molar-refractivity contribution in [3.05, 3.63) is 72.6 Å². The summed E-state index contributed by atoms with van der Waals surface area (Å²) in [6.45, 7) is 5.87. The zero-order valence-electron chi connectivity index (χ0n) is 24.3. The summed E-state index contributed by atoms with van der Waals surface area (Å²) in [5, 5.41) is 0. The molecule has 2 radical (unpaired) electrons. The molecule has 2 aromatic carbocycles. The molecule has 2 aliphatic rings. The highest BCUT2D eigenvalue weighted by Crippen LogP contribution is 2.35. The number of aromatic nitrogens is 4. The molecule has 0 aliphatic carbocycles. The Hall–Kier alpha value is -3.88. The average Bonchev–Trinajstić information content (AvgIpc) is 3.85. The summed E-state index contributed by atoms with van der Waals surface area (Å²) in [6, 6.07) is 16.9. The zero-order chi connectivity index (χ0) is 29.1. The lowest BCUT2D eigenvalue weighted by Gasteiger charge is -2.27. The highest BCUT2D eigenvalue weighted by Gasteiger charge is 2.34. The minimum Gasteiger partial charge on any atom is -0.341 e. The predicted octanol–water partition coefficient (Wildman–Crippen LogP) is 6.18. The second kappa shape index (κ2) is 12.5. The summed E-state index contributed by atoms with van der Waals surface area (Å²) in [4.78, 5) is 43.8. The van der Waals surface area contributed by atoms with Crippen LogP contribution in [0.5, 0.6) is 0 Å². The van der Waals surface area contributed by atoms with Gasteiger partial charge in [-0.3, -0.25) is 19.4 Å². The summed E-state index contributed by atoms with van der Waals surface area (Å²) in [7, 11) is 0. The Morgan fingerprint density at radius 2 is 1.07 bits per heavy atom. The molecule has 8 heteroatoms. The van der Waals surface area contributed by atoms with Gasteiger partial charge in [-0.05, 0) is 73.9 Å². The fourth-order valence-corrected chi connectivity index (χ4v) is 6.67. The fraction of sp³-hybridized carbons (Fsp3) is 0.412. The fourth-order valence-electron chi connectivity index (χ4n) is 6.67. The van der Waals surface area contributed by atoms with Crippen molar-refractivity contribution >= 4 is 12.6 Å². The van der Waals surface area contributed by atoms with E-state index in [0.717, 1.165) is 96.9 Å². The van der Waals surface area contributed by atoms with Gasteiger partial charge in [0.15, 0.2) is 0 Å². The van der Waals surface area contributed by atoms with Crippen LogP contribution >= 0.6 is 0 Å². The van der Waals surface area contributed by atoms with E-state index in [0.29, 0.717) is 0 Å². The summed E-state index contributed by atoms with van der Waals surface area (Å²) >= 11 is 0. The van der Waals surface area contributed by atoms with Crippen molar-refractivity contribution in [2.45, 2.75) is 76.5 Å². The molecule has 4 atom stereocenters. The van der Waals surface area contributed by atoms with E-state index in [1.165, 1.54) is 0 Å². The van der Waals surface area contributed by atoms with Gasteiger partial charge >= 0.3 is 0 Å². The molecule has 4 aromatic rings. The molecule has 8 nitrogen and oxygen atoms in total. The first-order valence-electron chi connectivity index (χ1n) is 15.2. The Morgan fingerprint density at radius 1 is 0.690 bits per heavy atom. The van der Waals surface area contributed by atoms with Crippen molar-refractivity contribution in [1.29, 1.82) is 0 Å². The lowest BCUT2D eigenvalue weighted by molar-refractivity contribution is 0.210. The van der Waals surface area contributed by atoms with E-state index in [4.69, 9.17) is 0 Å². The van der Waals surface area contributed by atoms with Crippen molar-refractivity contribution in [2.75, 3.05) is 13.1 Å². The van der Waals surface area contributed by atoms with E-state index in [9.17, 15) is 9.59 Å². The lowest BCUT2D eigenvalue weighted by atomic mass is 10.0. The van der Waals surface area contributed by atoms with Crippen molar-refractivity contribution in [1.82, 2.24) is 29.7 Å². The van der Waals surface area contributed by atoms with Crippen molar-refractivity contribution in [2.24, 2.45) is 0 Å². The summed E-state index contributed by atoms with van der Waals surface area (Å²) in [5.74, 6) is 1.84. The average molecular weight is 563 g/mol. The molecule has 2 unspecified atom stereocenters. The third-order valence-electron chi connectivity index (χ3n) is 8.98. The number of H-pyrrole nitrogens is 2. The van der Waals surface area contributed by atoms with Crippen LogP contribution in [0.3, 0.4) is 0 Å². The number of hydrogen-bond donors (Lipinski definition) is 2. The molecule has 0 amide bonds. The first-order chi connectivity index (χ1) is 20.6. The minimum atomic E-state index is -0.176. The van der Waals surface area contributed by atoms with Crippen molar-refractivity contribution < 1.29 is 9.59 Å². The number of benzene rings is 2. The van der Waals surface area contributed by atoms with E-state index in [1.54, 1.807) is 0 Å². The number of carbonyl (C=O) groups excluding carboxylic acids is 2. The van der Waals surface area contributed by atoms with Gasteiger partial charge < -0.3 is 9.97 Å². The largest absolute Gasteiger partial charge is 0.341 e. The molecule has 216 valence electrons. The zero-order valence-corrected chi connectivity index (χ0v) is 24.3. The van der Waals surface area contributed by atoms with Crippen LogP contribution in [-0.2, 0) is 9.59 Å². The van der Waals surface area contributed by atoms with Gasteiger partial charge in [-0.1, -0.05) is 62.4 Å². The third-order valence-corrected chi connectivity index (χ3v) is 8.98. The molecular formula is C34H38N6O2. The molecular weight excluding hydrogens is 524 g/mol. The van der Waals surface area contributed by atoms with Crippen LogP contribution in [0.1, 0.15) is 76.1 Å². The highest BCUT2D eigenvalue weighted by atomic mass is 16.1. The minimum absolute atomic E-state index is 0.133. The monoisotopic (exact) mass is 562 g/mol. The van der Waals surface area contributed by atoms with Gasteiger partial charge in [0.1, 0.15) is 11.6 Å². The number of hydrogen-bond acceptors (Lipinski definition) is 6. The molecule has 0 spiro atoms. The Morgan fingerprint density at radius 3 is 1.43 bits per heavy atom. The van der Waals surface area contributed by atoms with Gasteiger partial charge in [0, 0.05) is 0 Å².